The van der Waals surface area contributed by atoms with Crippen LogP contribution in [-0.2, 0) is 6.54 Å². The smallest absolute Gasteiger partial charge is 0.119 e. The van der Waals surface area contributed by atoms with E-state index < -0.39 is 0 Å². The zero-order valence-corrected chi connectivity index (χ0v) is 9.62. The minimum atomic E-state index is -0.245. The molecule has 4 nitrogen and oxygen atoms in total. The molecule has 1 aromatic carbocycles. The van der Waals surface area contributed by atoms with Gasteiger partial charge in [-0.3, -0.25) is 0 Å². The van der Waals surface area contributed by atoms with Gasteiger partial charge in [0, 0.05) is 16.4 Å². The Morgan fingerprint density at radius 1 is 1.50 bits per heavy atom. The van der Waals surface area contributed by atoms with Crippen molar-refractivity contribution in [2.75, 3.05) is 0 Å². The van der Waals surface area contributed by atoms with E-state index in [2.05, 4.69) is 10.0 Å². The van der Waals surface area contributed by atoms with Gasteiger partial charge in [0.15, 0.2) is 0 Å². The molecule has 0 aliphatic heterocycles. The number of halogens is 1. The van der Waals surface area contributed by atoms with Crippen molar-refractivity contribution >= 4 is 0 Å². The Balaban J connectivity index is 2.20. The first kappa shape index (κ1) is 12.2. The van der Waals surface area contributed by atoms with Crippen LogP contribution in [0.4, 0.5) is 4.39 Å². The molecule has 0 amide bonds. The van der Waals surface area contributed by atoms with E-state index in [0.29, 0.717) is 6.42 Å². The van der Waals surface area contributed by atoms with E-state index in [-0.39, 0.29) is 24.0 Å². The first-order valence-electron chi connectivity index (χ1n) is 5.57. The third-order valence-electron chi connectivity index (χ3n) is 2.87. The maximum atomic E-state index is 12.8. The van der Waals surface area contributed by atoms with Crippen molar-refractivity contribution in [2.45, 2.75) is 18.9 Å². The molecule has 0 fully saturated rings. The Morgan fingerprint density at radius 3 is 2.94 bits per heavy atom. The molecule has 0 bridgehead atoms. The van der Waals surface area contributed by atoms with E-state index in [1.165, 1.54) is 12.2 Å². The molecule has 1 N–H and O–H groups in total. The van der Waals surface area contributed by atoms with E-state index in [9.17, 15) is 9.50 Å². The molecule has 0 heterocycles. The molecular weight excluding hydrogens is 233 g/mol. The fraction of sp³-hybridized carbons (Fsp3) is 0.231. The number of hydrogen-bond acceptors (Lipinski definition) is 2. The summed E-state index contributed by atoms with van der Waals surface area (Å²) in [6.45, 7) is 0.208. The summed E-state index contributed by atoms with van der Waals surface area (Å²) in [5.41, 5.74) is 9.72. The Bertz CT molecular complexity index is 559. The Labute approximate surface area is 104 Å². The van der Waals surface area contributed by atoms with Gasteiger partial charge in [-0.25, -0.2) is 4.39 Å². The van der Waals surface area contributed by atoms with Crippen LogP contribution in [0.1, 0.15) is 23.5 Å². The van der Waals surface area contributed by atoms with Crippen LogP contribution in [0.25, 0.3) is 10.4 Å². The molecule has 0 radical (unpaired) electrons. The molecule has 1 aliphatic carbocycles. The van der Waals surface area contributed by atoms with Crippen molar-refractivity contribution in [2.24, 2.45) is 5.11 Å². The molecule has 0 saturated carbocycles. The lowest BCUT2D eigenvalue weighted by atomic mass is 9.91. The number of phenols is 1. The Morgan fingerprint density at radius 2 is 2.33 bits per heavy atom. The maximum Gasteiger partial charge on any atom is 0.119 e. The van der Waals surface area contributed by atoms with Gasteiger partial charge in [-0.1, -0.05) is 23.3 Å². The first-order chi connectivity index (χ1) is 8.70. The van der Waals surface area contributed by atoms with Gasteiger partial charge < -0.3 is 5.11 Å². The molecule has 1 unspecified atom stereocenters. The van der Waals surface area contributed by atoms with Crippen LogP contribution in [0.2, 0.25) is 0 Å². The van der Waals surface area contributed by atoms with Crippen LogP contribution in [0, 0.1) is 0 Å². The van der Waals surface area contributed by atoms with Crippen LogP contribution in [0.15, 0.2) is 47.4 Å². The molecule has 1 aliphatic rings. The monoisotopic (exact) mass is 245 g/mol. The van der Waals surface area contributed by atoms with Gasteiger partial charge in [0.05, 0.1) is 6.54 Å². The average Bonchev–Trinajstić information content (AvgIpc) is 2.38. The van der Waals surface area contributed by atoms with E-state index >= 15 is 0 Å². The predicted octanol–water partition coefficient (Wildman–Crippen LogP) is 4.10. The highest BCUT2D eigenvalue weighted by molar-refractivity contribution is 5.42. The fourth-order valence-corrected chi connectivity index (χ4v) is 1.94. The summed E-state index contributed by atoms with van der Waals surface area (Å²) in [5.74, 6) is -0.116. The van der Waals surface area contributed by atoms with Gasteiger partial charge in [-0.2, -0.15) is 0 Å². The summed E-state index contributed by atoms with van der Waals surface area (Å²) in [6, 6.07) is 5.16. The minimum Gasteiger partial charge on any atom is -0.508 e. The van der Waals surface area contributed by atoms with Crippen molar-refractivity contribution in [1.29, 1.82) is 0 Å². The van der Waals surface area contributed by atoms with Gasteiger partial charge in [0.1, 0.15) is 11.6 Å². The molecule has 1 atom stereocenters. The largest absolute Gasteiger partial charge is 0.508 e. The number of hydrogen-bond donors (Lipinski definition) is 1. The topological polar surface area (TPSA) is 69.0 Å². The molecule has 18 heavy (non-hydrogen) atoms. The molecule has 0 saturated heterocycles. The highest BCUT2D eigenvalue weighted by Gasteiger charge is 2.14. The molecule has 92 valence electrons. The number of nitrogens with zero attached hydrogens (tertiary/aromatic N) is 3. The molecular formula is C13H12FN3O. The van der Waals surface area contributed by atoms with Crippen LogP contribution >= 0.6 is 0 Å². The highest BCUT2D eigenvalue weighted by Crippen LogP contribution is 2.33. The van der Waals surface area contributed by atoms with Gasteiger partial charge in [0.2, 0.25) is 0 Å². The number of azide groups is 1. The molecule has 5 heteroatoms. The zero-order valence-electron chi connectivity index (χ0n) is 9.62. The van der Waals surface area contributed by atoms with Gasteiger partial charge in [-0.15, -0.1) is 0 Å². The predicted molar refractivity (Wildman–Crippen MR) is 66.6 cm³/mol. The van der Waals surface area contributed by atoms with Crippen LogP contribution < -0.4 is 0 Å². The zero-order chi connectivity index (χ0) is 13.0. The van der Waals surface area contributed by atoms with Crippen LogP contribution in [0.5, 0.6) is 5.75 Å². The van der Waals surface area contributed by atoms with Crippen molar-refractivity contribution in [1.82, 2.24) is 0 Å². The summed E-state index contributed by atoms with van der Waals surface area (Å²) in [4.78, 5) is 2.66. The van der Waals surface area contributed by atoms with Crippen LogP contribution in [0.3, 0.4) is 0 Å². The molecule has 0 aromatic heterocycles. The van der Waals surface area contributed by atoms with E-state index in [4.69, 9.17) is 5.53 Å². The number of rotatable bonds is 3. The van der Waals surface area contributed by atoms with Crippen molar-refractivity contribution in [3.05, 3.63) is 63.8 Å². The summed E-state index contributed by atoms with van der Waals surface area (Å²) >= 11 is 0. The summed E-state index contributed by atoms with van der Waals surface area (Å²) in [5, 5.41) is 13.4. The minimum absolute atomic E-state index is 0.0157. The number of phenolic OH excluding ortho intramolecular Hbond substituents is 1. The lowest BCUT2D eigenvalue weighted by Gasteiger charge is -2.16. The second-order valence-electron chi connectivity index (χ2n) is 4.07. The Kier molecular flexibility index (Phi) is 3.65. The fourth-order valence-electron chi connectivity index (χ4n) is 1.94. The highest BCUT2D eigenvalue weighted by atomic mass is 19.1. The Hall–Kier alpha value is -2.26. The lowest BCUT2D eigenvalue weighted by Crippen LogP contribution is -1.98. The summed E-state index contributed by atoms with van der Waals surface area (Å²) in [6.07, 6.45) is 5.17. The number of benzene rings is 1. The van der Waals surface area contributed by atoms with E-state index in [0.717, 1.165) is 11.1 Å². The first-order valence-corrected chi connectivity index (χ1v) is 5.57. The summed E-state index contributed by atoms with van der Waals surface area (Å²) in [7, 11) is 0. The van der Waals surface area contributed by atoms with Crippen molar-refractivity contribution in [3.8, 4) is 5.75 Å². The number of aromatic hydroxyl groups is 1. The van der Waals surface area contributed by atoms with Crippen molar-refractivity contribution < 1.29 is 9.50 Å². The van der Waals surface area contributed by atoms with Gasteiger partial charge >= 0.3 is 0 Å². The maximum absolute atomic E-state index is 12.8. The molecule has 1 aromatic rings. The third kappa shape index (κ3) is 2.70. The standard InChI is InChI=1S/C13H12FN3O/c14-11-4-2-10(3-5-11)12-6-1-9(7-13(12)18)8-16-17-15/h1-2,4-7,10,18H,3,8H2. The normalized spacial score (nSPS) is 18.1. The second-order valence-corrected chi connectivity index (χ2v) is 4.07. The van der Waals surface area contributed by atoms with Crippen molar-refractivity contribution in [3.63, 3.8) is 0 Å². The van der Waals surface area contributed by atoms with Crippen LogP contribution in [-0.4, -0.2) is 5.11 Å². The quantitative estimate of drug-likeness (QED) is 0.486. The summed E-state index contributed by atoms with van der Waals surface area (Å²) < 4.78 is 12.8. The van der Waals surface area contributed by atoms with Gasteiger partial charge in [0.25, 0.3) is 0 Å². The number of allylic oxidation sites excluding steroid dienone is 4. The second kappa shape index (κ2) is 5.38. The van der Waals surface area contributed by atoms with Gasteiger partial charge in [-0.05, 0) is 35.7 Å². The average molecular weight is 245 g/mol. The molecule has 0 spiro atoms. The third-order valence-corrected chi connectivity index (χ3v) is 2.87. The van der Waals surface area contributed by atoms with E-state index in [1.54, 1.807) is 24.3 Å². The SMILES string of the molecule is [N-]=[N+]=NCc1ccc(C2C=CC(F)=CC2)c(O)c1. The molecule has 2 rings (SSSR count). The van der Waals surface area contributed by atoms with E-state index in [1.807, 2.05) is 0 Å². The lowest BCUT2D eigenvalue weighted by molar-refractivity contribution is 0.464.